The second-order valence-electron chi connectivity index (χ2n) is 2.15. The first-order valence-electron chi connectivity index (χ1n) is 3.25. The van der Waals surface area contributed by atoms with Crippen LogP contribution in [0.4, 0.5) is 4.79 Å². The number of methoxy groups -OCH3 is 1. The Morgan fingerprint density at radius 2 is 2.60 bits per heavy atom. The lowest BCUT2D eigenvalue weighted by atomic mass is 10.4. The van der Waals surface area contributed by atoms with E-state index in [-0.39, 0.29) is 6.09 Å². The minimum atomic E-state index is -0.270. The number of ether oxygens (including phenoxy) is 2. The summed E-state index contributed by atoms with van der Waals surface area (Å²) in [7, 11) is 1.56. The van der Waals surface area contributed by atoms with Gasteiger partial charge in [0.2, 0.25) is 0 Å². The second-order valence-corrected chi connectivity index (χ2v) is 2.15. The lowest BCUT2D eigenvalue weighted by Crippen LogP contribution is -2.38. The molecule has 1 amide bonds. The summed E-state index contributed by atoms with van der Waals surface area (Å²) in [6.45, 7) is 1.62. The van der Waals surface area contributed by atoms with Gasteiger partial charge in [0.1, 0.15) is 6.73 Å². The molecule has 10 heavy (non-hydrogen) atoms. The largest absolute Gasteiger partial charge is 0.449 e. The minimum absolute atomic E-state index is 0.270. The summed E-state index contributed by atoms with van der Waals surface area (Å²) in [5.74, 6) is 0. The quantitative estimate of drug-likeness (QED) is 0.565. The van der Waals surface area contributed by atoms with Crippen LogP contribution >= 0.6 is 0 Å². The Bertz CT molecular complexity index is 124. The zero-order valence-corrected chi connectivity index (χ0v) is 6.00. The van der Waals surface area contributed by atoms with Gasteiger partial charge in [0, 0.05) is 13.7 Å². The summed E-state index contributed by atoms with van der Waals surface area (Å²) in [4.78, 5) is 12.3. The van der Waals surface area contributed by atoms with E-state index in [2.05, 4.69) is 0 Å². The van der Waals surface area contributed by atoms with Gasteiger partial charge in [0.25, 0.3) is 0 Å². The normalized spacial score (nSPS) is 18.9. The third-order valence-electron chi connectivity index (χ3n) is 1.34. The molecular formula is C6H11NO3. The van der Waals surface area contributed by atoms with Crippen LogP contribution in [-0.2, 0) is 9.47 Å². The first-order valence-corrected chi connectivity index (χ1v) is 3.25. The fourth-order valence-electron chi connectivity index (χ4n) is 0.871. The van der Waals surface area contributed by atoms with Crippen LogP contribution in [0.15, 0.2) is 0 Å². The standard InChI is InChI=1S/C6H11NO3/c1-9-5-7-3-2-4-10-6(7)8/h2-5H2,1H3. The summed E-state index contributed by atoms with van der Waals surface area (Å²) in [5, 5.41) is 0. The summed E-state index contributed by atoms with van der Waals surface area (Å²) < 4.78 is 9.53. The molecule has 1 aliphatic rings. The second kappa shape index (κ2) is 3.41. The SMILES string of the molecule is COCN1CCCOC1=O. The molecule has 1 fully saturated rings. The van der Waals surface area contributed by atoms with Crippen LogP contribution in [0.5, 0.6) is 0 Å². The molecule has 0 saturated carbocycles. The summed E-state index contributed by atoms with van der Waals surface area (Å²) in [5.41, 5.74) is 0. The van der Waals surface area contributed by atoms with Crippen molar-refractivity contribution in [3.05, 3.63) is 0 Å². The van der Waals surface area contributed by atoms with Gasteiger partial charge >= 0.3 is 6.09 Å². The number of nitrogens with zero attached hydrogens (tertiary/aromatic N) is 1. The van der Waals surface area contributed by atoms with Gasteiger partial charge < -0.3 is 9.47 Å². The molecule has 1 saturated heterocycles. The lowest BCUT2D eigenvalue weighted by molar-refractivity contribution is 0.0175. The van der Waals surface area contributed by atoms with Crippen molar-refractivity contribution in [1.29, 1.82) is 0 Å². The number of carbonyl (C=O) groups is 1. The van der Waals surface area contributed by atoms with Crippen LogP contribution in [0.1, 0.15) is 6.42 Å². The average Bonchev–Trinajstić information content (AvgIpc) is 1.94. The molecule has 0 radical (unpaired) electrons. The molecule has 1 rings (SSSR count). The molecule has 4 heteroatoms. The van der Waals surface area contributed by atoms with Crippen LogP contribution in [-0.4, -0.2) is 38.0 Å². The summed E-state index contributed by atoms with van der Waals surface area (Å²) in [6.07, 6.45) is 0.628. The molecule has 0 bridgehead atoms. The first kappa shape index (κ1) is 7.34. The minimum Gasteiger partial charge on any atom is -0.449 e. The topological polar surface area (TPSA) is 38.8 Å². The monoisotopic (exact) mass is 145 g/mol. The maximum atomic E-state index is 10.8. The Labute approximate surface area is 59.7 Å². The maximum Gasteiger partial charge on any atom is 0.411 e. The average molecular weight is 145 g/mol. The molecule has 0 aliphatic carbocycles. The van der Waals surface area contributed by atoms with E-state index in [1.165, 1.54) is 4.90 Å². The molecule has 58 valence electrons. The molecule has 0 aromatic rings. The Morgan fingerprint density at radius 3 is 3.20 bits per heavy atom. The Balaban J connectivity index is 2.32. The van der Waals surface area contributed by atoms with E-state index in [0.717, 1.165) is 13.0 Å². The summed E-state index contributed by atoms with van der Waals surface area (Å²) >= 11 is 0. The van der Waals surface area contributed by atoms with Crippen molar-refractivity contribution >= 4 is 6.09 Å². The van der Waals surface area contributed by atoms with Crippen molar-refractivity contribution in [3.8, 4) is 0 Å². The Morgan fingerprint density at radius 1 is 1.80 bits per heavy atom. The Hall–Kier alpha value is -0.770. The van der Waals surface area contributed by atoms with Crippen molar-refractivity contribution < 1.29 is 14.3 Å². The highest BCUT2D eigenvalue weighted by Crippen LogP contribution is 2.02. The molecule has 4 nitrogen and oxygen atoms in total. The van der Waals surface area contributed by atoms with E-state index in [1.807, 2.05) is 0 Å². The van der Waals surface area contributed by atoms with Crippen LogP contribution in [0.25, 0.3) is 0 Å². The fourth-order valence-corrected chi connectivity index (χ4v) is 0.871. The number of rotatable bonds is 2. The van der Waals surface area contributed by atoms with E-state index >= 15 is 0 Å². The molecule has 0 N–H and O–H groups in total. The number of hydrogen-bond donors (Lipinski definition) is 0. The molecular weight excluding hydrogens is 134 g/mol. The fraction of sp³-hybridized carbons (Fsp3) is 0.833. The molecule has 0 unspecified atom stereocenters. The van der Waals surface area contributed by atoms with E-state index in [4.69, 9.17) is 9.47 Å². The maximum absolute atomic E-state index is 10.8. The van der Waals surface area contributed by atoms with Gasteiger partial charge in [0.15, 0.2) is 0 Å². The number of hydrogen-bond acceptors (Lipinski definition) is 3. The van der Waals surface area contributed by atoms with Gasteiger partial charge in [-0.25, -0.2) is 4.79 Å². The molecule has 1 heterocycles. The molecule has 0 atom stereocenters. The number of amides is 1. The molecule has 0 spiro atoms. The van der Waals surface area contributed by atoms with Gasteiger partial charge in [-0.1, -0.05) is 0 Å². The Kier molecular flexibility index (Phi) is 2.50. The number of carbonyl (C=O) groups excluding carboxylic acids is 1. The zero-order chi connectivity index (χ0) is 7.40. The van der Waals surface area contributed by atoms with E-state index in [0.29, 0.717) is 13.3 Å². The van der Waals surface area contributed by atoms with Crippen LogP contribution < -0.4 is 0 Å². The van der Waals surface area contributed by atoms with Gasteiger partial charge in [0.05, 0.1) is 6.61 Å². The zero-order valence-electron chi connectivity index (χ0n) is 6.00. The van der Waals surface area contributed by atoms with Crippen molar-refractivity contribution in [1.82, 2.24) is 4.90 Å². The predicted octanol–water partition coefficient (Wildman–Crippen LogP) is 0.433. The van der Waals surface area contributed by atoms with E-state index < -0.39 is 0 Å². The molecule has 1 aliphatic heterocycles. The number of cyclic esters (lactones) is 1. The highest BCUT2D eigenvalue weighted by atomic mass is 16.6. The highest BCUT2D eigenvalue weighted by molar-refractivity contribution is 5.67. The van der Waals surface area contributed by atoms with Crippen molar-refractivity contribution in [2.75, 3.05) is 27.0 Å². The van der Waals surface area contributed by atoms with Crippen LogP contribution in [0.3, 0.4) is 0 Å². The van der Waals surface area contributed by atoms with E-state index in [1.54, 1.807) is 7.11 Å². The first-order chi connectivity index (χ1) is 4.84. The third-order valence-corrected chi connectivity index (χ3v) is 1.34. The smallest absolute Gasteiger partial charge is 0.411 e. The molecule has 0 aromatic heterocycles. The van der Waals surface area contributed by atoms with E-state index in [9.17, 15) is 4.79 Å². The van der Waals surface area contributed by atoms with Gasteiger partial charge in [-0.15, -0.1) is 0 Å². The van der Waals surface area contributed by atoms with Crippen molar-refractivity contribution in [3.63, 3.8) is 0 Å². The molecule has 0 aromatic carbocycles. The van der Waals surface area contributed by atoms with Gasteiger partial charge in [-0.05, 0) is 6.42 Å². The predicted molar refractivity (Wildman–Crippen MR) is 34.5 cm³/mol. The van der Waals surface area contributed by atoms with Crippen LogP contribution in [0.2, 0.25) is 0 Å². The highest BCUT2D eigenvalue weighted by Gasteiger charge is 2.18. The summed E-state index contributed by atoms with van der Waals surface area (Å²) in [6, 6.07) is 0. The van der Waals surface area contributed by atoms with Crippen LogP contribution in [0, 0.1) is 0 Å². The van der Waals surface area contributed by atoms with Crippen molar-refractivity contribution in [2.45, 2.75) is 6.42 Å². The lowest BCUT2D eigenvalue weighted by Gasteiger charge is -2.24. The van der Waals surface area contributed by atoms with Crippen molar-refractivity contribution in [2.24, 2.45) is 0 Å². The van der Waals surface area contributed by atoms with Gasteiger partial charge in [-0.2, -0.15) is 0 Å². The third kappa shape index (κ3) is 1.60. The van der Waals surface area contributed by atoms with Gasteiger partial charge in [-0.3, -0.25) is 4.90 Å².